The van der Waals surface area contributed by atoms with Gasteiger partial charge in [-0.15, -0.1) is 0 Å². The number of nitrogens with zero attached hydrogens (tertiary/aromatic N) is 2. The molecule has 12 heteroatoms. The second-order valence-electron chi connectivity index (χ2n) is 14.9. The number of ether oxygens (including phenoxy) is 2. The van der Waals surface area contributed by atoms with Gasteiger partial charge in [-0.1, -0.05) is 69.6 Å². The first kappa shape index (κ1) is 36.2. The molecule has 0 spiro atoms. The molecule has 8 nitrogen and oxygen atoms in total. The maximum Gasteiger partial charge on any atom is 0.416 e. The number of Topliss-reactive ketones (excluding diaryl/α,β-unsaturated/α-hetero) is 2. The number of carbonyl (C=O) groups excluding carboxylic acids is 2. The van der Waals surface area contributed by atoms with Crippen molar-refractivity contribution in [2.45, 2.75) is 78.9 Å². The molecule has 0 aromatic heterocycles. The van der Waals surface area contributed by atoms with Crippen molar-refractivity contribution < 1.29 is 37.2 Å². The predicted octanol–water partition coefficient (Wildman–Crippen LogP) is 10.3. The van der Waals surface area contributed by atoms with Crippen molar-refractivity contribution in [1.29, 1.82) is 0 Å². The molecule has 3 aromatic carbocycles. The van der Waals surface area contributed by atoms with Crippen LogP contribution in [0.5, 0.6) is 17.2 Å². The van der Waals surface area contributed by atoms with Gasteiger partial charge in [-0.25, -0.2) is 0 Å². The molecule has 0 bridgehead atoms. The van der Waals surface area contributed by atoms with Gasteiger partial charge >= 0.3 is 11.9 Å². The summed E-state index contributed by atoms with van der Waals surface area (Å²) in [6, 6.07) is 15.0. The van der Waals surface area contributed by atoms with Gasteiger partial charge in [0.1, 0.15) is 0 Å². The Bertz CT molecular complexity index is 1950. The third-order valence-electron chi connectivity index (χ3n) is 9.57. The van der Waals surface area contributed by atoms with E-state index in [4.69, 9.17) is 21.1 Å². The monoisotopic (exact) mass is 722 g/mol. The van der Waals surface area contributed by atoms with Crippen LogP contribution in [-0.2, 0) is 22.3 Å². The van der Waals surface area contributed by atoms with Crippen LogP contribution in [0.2, 0.25) is 5.02 Å². The number of nitro groups is 1. The third kappa shape index (κ3) is 7.13. The van der Waals surface area contributed by atoms with Gasteiger partial charge in [-0.2, -0.15) is 13.2 Å². The first-order valence-corrected chi connectivity index (χ1v) is 17.1. The van der Waals surface area contributed by atoms with Crippen molar-refractivity contribution in [3.8, 4) is 17.2 Å². The minimum Gasteiger partial charge on any atom is -0.490 e. The summed E-state index contributed by atoms with van der Waals surface area (Å²) >= 11 is 6.86. The largest absolute Gasteiger partial charge is 0.490 e. The van der Waals surface area contributed by atoms with E-state index in [0.29, 0.717) is 48.2 Å². The summed E-state index contributed by atoms with van der Waals surface area (Å²) in [7, 11) is 0. The molecular formula is C39H38ClF3N2O6. The van der Waals surface area contributed by atoms with Crippen molar-refractivity contribution in [2.24, 2.45) is 10.8 Å². The van der Waals surface area contributed by atoms with Crippen molar-refractivity contribution in [2.75, 3.05) is 6.61 Å². The van der Waals surface area contributed by atoms with E-state index in [-0.39, 0.29) is 58.4 Å². The molecule has 0 unspecified atom stereocenters. The van der Waals surface area contributed by atoms with Crippen LogP contribution in [0.1, 0.15) is 82.9 Å². The lowest BCUT2D eigenvalue weighted by molar-refractivity contribution is -0.385. The zero-order chi connectivity index (χ0) is 37.0. The van der Waals surface area contributed by atoms with Crippen LogP contribution in [0.4, 0.5) is 18.9 Å². The average Bonchev–Trinajstić information content (AvgIpc) is 3.02. The summed E-state index contributed by atoms with van der Waals surface area (Å²) in [5, 5.41) is 11.8. The smallest absolute Gasteiger partial charge is 0.416 e. The molecule has 268 valence electrons. The first-order chi connectivity index (χ1) is 23.9. The maximum absolute atomic E-state index is 14.3. The van der Waals surface area contributed by atoms with Crippen molar-refractivity contribution in [3.05, 3.63) is 115 Å². The number of hydrogen-bond donors (Lipinski definition) is 0. The number of carbonyl (C=O) groups is 2. The molecule has 0 N–H and O–H groups in total. The summed E-state index contributed by atoms with van der Waals surface area (Å²) in [5.41, 5.74) is 1.46. The molecule has 2 aliphatic carbocycles. The van der Waals surface area contributed by atoms with Gasteiger partial charge in [0.2, 0.25) is 5.75 Å². The van der Waals surface area contributed by atoms with E-state index in [0.717, 1.165) is 23.0 Å². The molecule has 1 heterocycles. The second-order valence-corrected chi connectivity index (χ2v) is 15.3. The summed E-state index contributed by atoms with van der Waals surface area (Å²) in [6.45, 7) is 10.5. The van der Waals surface area contributed by atoms with E-state index in [1.807, 2.05) is 30.3 Å². The van der Waals surface area contributed by atoms with E-state index in [9.17, 15) is 32.9 Å². The van der Waals surface area contributed by atoms with Gasteiger partial charge < -0.3 is 14.4 Å². The van der Waals surface area contributed by atoms with Crippen molar-refractivity contribution in [3.63, 3.8) is 0 Å². The van der Waals surface area contributed by atoms with Crippen molar-refractivity contribution >= 4 is 28.9 Å². The summed E-state index contributed by atoms with van der Waals surface area (Å²) in [5.74, 6) is -1.51. The average molecular weight is 723 g/mol. The van der Waals surface area contributed by atoms with Crippen LogP contribution in [0, 0.1) is 20.9 Å². The van der Waals surface area contributed by atoms with Gasteiger partial charge in [0.25, 0.3) is 0 Å². The molecule has 6 rings (SSSR count). The van der Waals surface area contributed by atoms with Gasteiger partial charge in [0.15, 0.2) is 23.1 Å². The SMILES string of the molecule is CCOc1cc(C2C3=C(CC(C)(C)CC3=O)N(Cc3ccccc3)C3=C2C(=O)CC(C)(C)C3)cc(Cl)c1Oc1ccc(C(F)(F)F)cc1[N+](=O)[O-]. The minimum absolute atomic E-state index is 0.0531. The van der Waals surface area contributed by atoms with E-state index in [2.05, 4.69) is 32.6 Å². The zero-order valence-corrected chi connectivity index (χ0v) is 29.7. The van der Waals surface area contributed by atoms with Gasteiger partial charge in [-0.3, -0.25) is 19.7 Å². The number of halogens is 4. The molecule has 0 atom stereocenters. The quantitative estimate of drug-likeness (QED) is 0.169. The third-order valence-corrected chi connectivity index (χ3v) is 9.85. The van der Waals surface area contributed by atoms with Crippen LogP contribution < -0.4 is 9.47 Å². The molecule has 0 saturated carbocycles. The van der Waals surface area contributed by atoms with Crippen LogP contribution in [0.25, 0.3) is 0 Å². The highest BCUT2D eigenvalue weighted by Crippen LogP contribution is 2.56. The first-order valence-electron chi connectivity index (χ1n) is 16.7. The molecule has 0 fully saturated rings. The molecular weight excluding hydrogens is 685 g/mol. The fourth-order valence-corrected chi connectivity index (χ4v) is 7.74. The number of hydrogen-bond acceptors (Lipinski definition) is 7. The molecule has 0 radical (unpaired) electrons. The molecule has 0 saturated heterocycles. The Morgan fingerprint density at radius 1 is 0.882 bits per heavy atom. The minimum atomic E-state index is -4.81. The zero-order valence-electron chi connectivity index (χ0n) is 28.9. The van der Waals surface area contributed by atoms with Crippen molar-refractivity contribution in [1.82, 2.24) is 4.90 Å². The topological polar surface area (TPSA) is 99.0 Å². The van der Waals surface area contributed by atoms with Gasteiger partial charge in [0, 0.05) is 53.9 Å². The van der Waals surface area contributed by atoms with E-state index in [1.54, 1.807) is 19.1 Å². The van der Waals surface area contributed by atoms with E-state index >= 15 is 0 Å². The van der Waals surface area contributed by atoms with Crippen LogP contribution >= 0.6 is 11.6 Å². The van der Waals surface area contributed by atoms with Crippen LogP contribution in [0.3, 0.4) is 0 Å². The molecule has 3 aromatic rings. The summed E-state index contributed by atoms with van der Waals surface area (Å²) in [4.78, 5) is 41.6. The number of ketones is 2. The number of alkyl halides is 3. The Kier molecular flexibility index (Phi) is 9.33. The van der Waals surface area contributed by atoms with E-state index < -0.39 is 34.0 Å². The van der Waals surface area contributed by atoms with E-state index in [1.165, 1.54) is 0 Å². The Balaban J connectivity index is 1.54. The lowest BCUT2D eigenvalue weighted by Crippen LogP contribution is -2.44. The molecule has 3 aliphatic rings. The normalized spacial score (nSPS) is 18.8. The number of rotatable bonds is 8. The highest BCUT2D eigenvalue weighted by Gasteiger charge is 2.49. The lowest BCUT2D eigenvalue weighted by Gasteiger charge is -2.49. The van der Waals surface area contributed by atoms with Gasteiger partial charge in [0.05, 0.1) is 22.1 Å². The Hall–Kier alpha value is -4.64. The molecule has 51 heavy (non-hydrogen) atoms. The van der Waals surface area contributed by atoms with Gasteiger partial charge in [-0.05, 0) is 66.0 Å². The summed E-state index contributed by atoms with van der Waals surface area (Å²) in [6.07, 6.45) is -3.08. The highest BCUT2D eigenvalue weighted by molar-refractivity contribution is 6.32. The number of nitro benzene ring substituents is 1. The van der Waals surface area contributed by atoms with Crippen LogP contribution in [-0.4, -0.2) is 28.0 Å². The molecule has 1 aliphatic heterocycles. The number of benzene rings is 3. The number of allylic oxidation sites excluding steroid dienone is 4. The second kappa shape index (κ2) is 13.2. The Labute approximate surface area is 299 Å². The maximum atomic E-state index is 14.3. The Morgan fingerprint density at radius 2 is 1.47 bits per heavy atom. The molecule has 0 amide bonds. The predicted molar refractivity (Wildman–Crippen MR) is 186 cm³/mol. The summed E-state index contributed by atoms with van der Waals surface area (Å²) < 4.78 is 51.9. The Morgan fingerprint density at radius 3 is 2.00 bits per heavy atom. The van der Waals surface area contributed by atoms with Crippen LogP contribution in [0.15, 0.2) is 83.2 Å². The standard InChI is InChI=1S/C39H38ClF3N2O6/c1-6-50-32-15-23(14-25(40)36(32)51-31-13-12-24(39(41,42)43)16-26(31)45(48)49)33-34-27(17-37(2,3)19-29(34)46)44(21-22-10-8-7-9-11-22)28-18-38(4,5)20-30(47)35(28)33/h7-16,33H,6,17-21H2,1-5H3. The fraction of sp³-hybridized carbons (Fsp3) is 0.385. The lowest BCUT2D eigenvalue weighted by atomic mass is 9.63. The highest BCUT2D eigenvalue weighted by atomic mass is 35.5. The fourth-order valence-electron chi connectivity index (χ4n) is 7.49.